The van der Waals surface area contributed by atoms with Gasteiger partial charge in [-0.25, -0.2) is 0 Å². The lowest BCUT2D eigenvalue weighted by Gasteiger charge is -2.16. The number of nitriles is 1. The van der Waals surface area contributed by atoms with Gasteiger partial charge in [0.05, 0.1) is 12.5 Å². The Bertz CT molecular complexity index is 370. The van der Waals surface area contributed by atoms with Crippen LogP contribution in [0.5, 0.6) is 5.75 Å². The van der Waals surface area contributed by atoms with E-state index in [9.17, 15) is 0 Å². The van der Waals surface area contributed by atoms with E-state index in [2.05, 4.69) is 6.07 Å². The molecule has 1 atom stereocenters. The summed E-state index contributed by atoms with van der Waals surface area (Å²) in [5, 5.41) is 9.31. The number of hydrogen-bond donors (Lipinski definition) is 0. The van der Waals surface area contributed by atoms with E-state index in [1.54, 1.807) is 6.07 Å². The summed E-state index contributed by atoms with van der Waals surface area (Å²) in [5.74, 6) is 0.807. The number of rotatable bonds is 4. The van der Waals surface area contributed by atoms with Gasteiger partial charge in [-0.1, -0.05) is 18.5 Å². The molecule has 80 valence electrons. The van der Waals surface area contributed by atoms with Gasteiger partial charge in [0.1, 0.15) is 11.9 Å². The lowest BCUT2D eigenvalue weighted by molar-refractivity contribution is 0.201. The van der Waals surface area contributed by atoms with E-state index in [-0.39, 0.29) is 6.10 Å². The summed E-state index contributed by atoms with van der Waals surface area (Å²) in [4.78, 5) is 0. The van der Waals surface area contributed by atoms with Crippen LogP contribution in [0.3, 0.4) is 0 Å². The number of ether oxygens (including phenoxy) is 1. The summed E-state index contributed by atoms with van der Waals surface area (Å²) in [6.45, 7) is 3.95. The van der Waals surface area contributed by atoms with Gasteiger partial charge in [-0.3, -0.25) is 0 Å². The van der Waals surface area contributed by atoms with E-state index in [1.807, 2.05) is 26.0 Å². The zero-order valence-electron chi connectivity index (χ0n) is 8.96. The Morgan fingerprint density at radius 3 is 2.80 bits per heavy atom. The van der Waals surface area contributed by atoms with E-state index >= 15 is 0 Å². The van der Waals surface area contributed by atoms with Crippen LogP contribution in [0.15, 0.2) is 18.2 Å². The Morgan fingerprint density at radius 1 is 1.53 bits per heavy atom. The van der Waals surface area contributed by atoms with Crippen LogP contribution in [0.2, 0.25) is 5.02 Å². The van der Waals surface area contributed by atoms with Crippen molar-refractivity contribution in [2.45, 2.75) is 32.8 Å². The third-order valence-electron chi connectivity index (χ3n) is 2.20. The SMILES string of the molecule is CCC(CC#N)Oc1ccc(Cl)cc1C. The highest BCUT2D eigenvalue weighted by molar-refractivity contribution is 6.30. The molecule has 1 aromatic rings. The second-order valence-corrected chi connectivity index (χ2v) is 3.86. The molecule has 1 rings (SSSR count). The molecule has 0 bridgehead atoms. The molecule has 0 saturated heterocycles. The van der Waals surface area contributed by atoms with Gasteiger partial charge < -0.3 is 4.74 Å². The van der Waals surface area contributed by atoms with Crippen molar-refractivity contribution in [1.29, 1.82) is 5.26 Å². The van der Waals surface area contributed by atoms with Crippen molar-refractivity contribution in [2.24, 2.45) is 0 Å². The maximum absolute atomic E-state index is 8.61. The third-order valence-corrected chi connectivity index (χ3v) is 2.44. The quantitative estimate of drug-likeness (QED) is 0.780. The molecule has 0 radical (unpaired) electrons. The third kappa shape index (κ3) is 3.45. The fourth-order valence-corrected chi connectivity index (χ4v) is 1.52. The molecular formula is C12H14ClNO. The van der Waals surface area contributed by atoms with Crippen LogP contribution in [0.4, 0.5) is 0 Å². The monoisotopic (exact) mass is 223 g/mol. The highest BCUT2D eigenvalue weighted by Gasteiger charge is 2.09. The van der Waals surface area contributed by atoms with Crippen LogP contribution in [0.1, 0.15) is 25.3 Å². The second-order valence-electron chi connectivity index (χ2n) is 3.42. The summed E-state index contributed by atoms with van der Waals surface area (Å²) < 4.78 is 5.71. The van der Waals surface area contributed by atoms with Gasteiger partial charge in [-0.15, -0.1) is 0 Å². The lowest BCUT2D eigenvalue weighted by Crippen LogP contribution is -2.14. The van der Waals surface area contributed by atoms with Crippen molar-refractivity contribution >= 4 is 11.6 Å². The molecule has 0 fully saturated rings. The van der Waals surface area contributed by atoms with Crippen LogP contribution >= 0.6 is 11.6 Å². The first kappa shape index (κ1) is 11.9. The Morgan fingerprint density at radius 2 is 2.27 bits per heavy atom. The fraction of sp³-hybridized carbons (Fsp3) is 0.417. The van der Waals surface area contributed by atoms with E-state index in [1.165, 1.54) is 0 Å². The van der Waals surface area contributed by atoms with Crippen molar-refractivity contribution in [3.8, 4) is 11.8 Å². The standard InChI is InChI=1S/C12H14ClNO/c1-3-11(6-7-14)15-12-5-4-10(13)8-9(12)2/h4-5,8,11H,3,6H2,1-2H3. The number of hydrogen-bond acceptors (Lipinski definition) is 2. The van der Waals surface area contributed by atoms with Crippen molar-refractivity contribution in [1.82, 2.24) is 0 Å². The summed E-state index contributed by atoms with van der Waals surface area (Å²) in [6, 6.07) is 7.62. The largest absolute Gasteiger partial charge is 0.489 e. The minimum absolute atomic E-state index is 0.0325. The molecular weight excluding hydrogens is 210 g/mol. The van der Waals surface area contributed by atoms with Crippen LogP contribution < -0.4 is 4.74 Å². The summed E-state index contributed by atoms with van der Waals surface area (Å²) >= 11 is 5.84. The van der Waals surface area contributed by atoms with Gasteiger partial charge in [0.2, 0.25) is 0 Å². The first-order chi connectivity index (χ1) is 7.17. The Labute approximate surface area is 95.4 Å². The molecule has 3 heteroatoms. The Balaban J connectivity index is 2.75. The van der Waals surface area contributed by atoms with Crippen molar-refractivity contribution in [3.05, 3.63) is 28.8 Å². The van der Waals surface area contributed by atoms with E-state index < -0.39 is 0 Å². The van der Waals surface area contributed by atoms with Gasteiger partial charge in [-0.05, 0) is 37.1 Å². The molecule has 0 aliphatic heterocycles. The highest BCUT2D eigenvalue weighted by Crippen LogP contribution is 2.23. The maximum atomic E-state index is 8.61. The van der Waals surface area contributed by atoms with Gasteiger partial charge in [-0.2, -0.15) is 5.26 Å². The number of aryl methyl sites for hydroxylation is 1. The van der Waals surface area contributed by atoms with Crippen LogP contribution in [0, 0.1) is 18.3 Å². The van der Waals surface area contributed by atoms with E-state index in [0.29, 0.717) is 11.4 Å². The molecule has 0 aliphatic rings. The zero-order valence-corrected chi connectivity index (χ0v) is 9.71. The number of halogens is 1. The Hall–Kier alpha value is -1.20. The first-order valence-corrected chi connectivity index (χ1v) is 5.35. The molecule has 1 aromatic carbocycles. The summed E-state index contributed by atoms with van der Waals surface area (Å²) in [7, 11) is 0. The fourth-order valence-electron chi connectivity index (χ4n) is 1.30. The molecule has 0 amide bonds. The molecule has 15 heavy (non-hydrogen) atoms. The molecule has 1 unspecified atom stereocenters. The minimum atomic E-state index is -0.0325. The zero-order chi connectivity index (χ0) is 11.3. The topological polar surface area (TPSA) is 33.0 Å². The number of nitrogens with zero attached hydrogens (tertiary/aromatic N) is 1. The predicted molar refractivity (Wildman–Crippen MR) is 61.1 cm³/mol. The van der Waals surface area contributed by atoms with Crippen molar-refractivity contribution < 1.29 is 4.74 Å². The minimum Gasteiger partial charge on any atom is -0.489 e. The molecule has 0 saturated carbocycles. The predicted octanol–water partition coefficient (Wildman–Crippen LogP) is 3.72. The van der Waals surface area contributed by atoms with E-state index in [4.69, 9.17) is 21.6 Å². The van der Waals surface area contributed by atoms with Gasteiger partial charge in [0.15, 0.2) is 0 Å². The van der Waals surface area contributed by atoms with E-state index in [0.717, 1.165) is 17.7 Å². The highest BCUT2D eigenvalue weighted by atomic mass is 35.5. The average molecular weight is 224 g/mol. The molecule has 0 N–H and O–H groups in total. The van der Waals surface area contributed by atoms with Gasteiger partial charge in [0.25, 0.3) is 0 Å². The molecule has 2 nitrogen and oxygen atoms in total. The van der Waals surface area contributed by atoms with Crippen LogP contribution in [-0.2, 0) is 0 Å². The summed E-state index contributed by atoms with van der Waals surface area (Å²) in [6.07, 6.45) is 1.21. The normalized spacial score (nSPS) is 11.9. The van der Waals surface area contributed by atoms with Crippen LogP contribution in [-0.4, -0.2) is 6.10 Å². The average Bonchev–Trinajstić information content (AvgIpc) is 2.21. The van der Waals surface area contributed by atoms with Crippen molar-refractivity contribution in [3.63, 3.8) is 0 Å². The second kappa shape index (κ2) is 5.63. The lowest BCUT2D eigenvalue weighted by atomic mass is 10.2. The first-order valence-electron chi connectivity index (χ1n) is 4.97. The van der Waals surface area contributed by atoms with Gasteiger partial charge in [0, 0.05) is 5.02 Å². The number of benzene rings is 1. The smallest absolute Gasteiger partial charge is 0.122 e. The molecule has 0 aliphatic carbocycles. The summed E-state index contributed by atoms with van der Waals surface area (Å²) in [5.41, 5.74) is 0.999. The van der Waals surface area contributed by atoms with Gasteiger partial charge >= 0.3 is 0 Å². The molecule has 0 spiro atoms. The maximum Gasteiger partial charge on any atom is 0.122 e. The Kier molecular flexibility index (Phi) is 4.45. The van der Waals surface area contributed by atoms with Crippen LogP contribution in [0.25, 0.3) is 0 Å². The molecule has 0 aromatic heterocycles. The van der Waals surface area contributed by atoms with Crippen molar-refractivity contribution in [2.75, 3.05) is 0 Å². The molecule has 0 heterocycles.